The molecule has 5 heteroatoms. The lowest BCUT2D eigenvalue weighted by atomic mass is 9.87. The van der Waals surface area contributed by atoms with E-state index in [0.29, 0.717) is 16.4 Å². The van der Waals surface area contributed by atoms with Gasteiger partial charge in [-0.1, -0.05) is 36.6 Å². The number of rotatable bonds is 4. The molecule has 2 aromatic rings. The highest BCUT2D eigenvalue weighted by molar-refractivity contribution is 7.21. The number of thiophene rings is 1. The lowest BCUT2D eigenvalue weighted by molar-refractivity contribution is 0.0884. The normalized spacial score (nSPS) is 17.0. The Hall–Kier alpha value is -1.10. The van der Waals surface area contributed by atoms with Gasteiger partial charge in [0.15, 0.2) is 0 Å². The van der Waals surface area contributed by atoms with Gasteiger partial charge in [0.1, 0.15) is 4.88 Å². The number of fused-ring (bicyclic) bond motifs is 1. The zero-order valence-electron chi connectivity index (χ0n) is 12.6. The molecule has 0 aliphatic heterocycles. The quantitative estimate of drug-likeness (QED) is 0.880. The van der Waals surface area contributed by atoms with E-state index < -0.39 is 0 Å². The van der Waals surface area contributed by atoms with Crippen molar-refractivity contribution in [2.24, 2.45) is 5.41 Å². The molecule has 0 radical (unpaired) electrons. The van der Waals surface area contributed by atoms with Gasteiger partial charge in [-0.25, -0.2) is 0 Å². The summed E-state index contributed by atoms with van der Waals surface area (Å²) in [5.74, 6) is -0.136. The molecular formula is C17H20ClNO2S. The summed E-state index contributed by atoms with van der Waals surface area (Å²) in [5, 5.41) is 14.1. The van der Waals surface area contributed by atoms with Crippen molar-refractivity contribution < 1.29 is 9.90 Å². The number of aliphatic hydroxyl groups is 1. The molecule has 1 heterocycles. The van der Waals surface area contributed by atoms with Crippen molar-refractivity contribution in [2.75, 3.05) is 13.2 Å². The van der Waals surface area contributed by atoms with Crippen LogP contribution in [0.5, 0.6) is 0 Å². The molecule has 2 N–H and O–H groups in total. The third-order valence-electron chi connectivity index (χ3n) is 4.61. The average Bonchev–Trinajstić information content (AvgIpc) is 3.10. The van der Waals surface area contributed by atoms with E-state index in [9.17, 15) is 9.90 Å². The van der Waals surface area contributed by atoms with Crippen LogP contribution in [-0.4, -0.2) is 24.2 Å². The topological polar surface area (TPSA) is 49.3 Å². The van der Waals surface area contributed by atoms with Crippen LogP contribution in [0.1, 0.15) is 40.9 Å². The van der Waals surface area contributed by atoms with Crippen LogP contribution in [0.2, 0.25) is 5.02 Å². The van der Waals surface area contributed by atoms with Crippen LogP contribution in [-0.2, 0) is 0 Å². The van der Waals surface area contributed by atoms with Crippen molar-refractivity contribution in [1.82, 2.24) is 5.32 Å². The SMILES string of the molecule is Cc1ccc2c(Cl)c(C(=O)NCC3(CO)CCCC3)sc2c1. The molecule has 118 valence electrons. The highest BCUT2D eigenvalue weighted by atomic mass is 35.5. The maximum Gasteiger partial charge on any atom is 0.262 e. The molecule has 0 unspecified atom stereocenters. The number of carbonyl (C=O) groups excluding carboxylic acids is 1. The van der Waals surface area contributed by atoms with Gasteiger partial charge in [0, 0.05) is 22.0 Å². The third kappa shape index (κ3) is 2.87. The lowest BCUT2D eigenvalue weighted by Gasteiger charge is -2.26. The van der Waals surface area contributed by atoms with Crippen molar-refractivity contribution in [3.8, 4) is 0 Å². The van der Waals surface area contributed by atoms with Gasteiger partial charge >= 0.3 is 0 Å². The Balaban J connectivity index is 1.79. The summed E-state index contributed by atoms with van der Waals surface area (Å²) in [6, 6.07) is 6.02. The number of aliphatic hydroxyl groups excluding tert-OH is 1. The number of carbonyl (C=O) groups is 1. The number of hydrogen-bond donors (Lipinski definition) is 2. The fraction of sp³-hybridized carbons (Fsp3) is 0.471. The number of amides is 1. The van der Waals surface area contributed by atoms with E-state index in [1.807, 2.05) is 19.1 Å². The van der Waals surface area contributed by atoms with E-state index in [0.717, 1.165) is 41.3 Å². The van der Waals surface area contributed by atoms with E-state index in [2.05, 4.69) is 11.4 Å². The van der Waals surface area contributed by atoms with Crippen LogP contribution in [0.15, 0.2) is 18.2 Å². The molecule has 22 heavy (non-hydrogen) atoms. The van der Waals surface area contributed by atoms with Gasteiger partial charge in [0.2, 0.25) is 0 Å². The summed E-state index contributed by atoms with van der Waals surface area (Å²) in [6.45, 7) is 2.68. The second-order valence-corrected chi connectivity index (χ2v) is 7.72. The Kier molecular flexibility index (Phi) is 4.44. The van der Waals surface area contributed by atoms with Gasteiger partial charge in [-0.3, -0.25) is 4.79 Å². The van der Waals surface area contributed by atoms with E-state index in [1.165, 1.54) is 11.3 Å². The summed E-state index contributed by atoms with van der Waals surface area (Å²) >= 11 is 7.80. The van der Waals surface area contributed by atoms with Gasteiger partial charge in [-0.05, 0) is 31.4 Å². The summed E-state index contributed by atoms with van der Waals surface area (Å²) in [4.78, 5) is 13.0. The first-order valence-electron chi connectivity index (χ1n) is 7.62. The maximum absolute atomic E-state index is 12.5. The summed E-state index contributed by atoms with van der Waals surface area (Å²) in [6.07, 6.45) is 4.20. The second-order valence-electron chi connectivity index (χ2n) is 6.29. The Morgan fingerprint density at radius 1 is 1.41 bits per heavy atom. The van der Waals surface area contributed by atoms with Crippen LogP contribution in [0.25, 0.3) is 10.1 Å². The average molecular weight is 338 g/mol. The third-order valence-corrected chi connectivity index (χ3v) is 6.27. The lowest BCUT2D eigenvalue weighted by Crippen LogP contribution is -2.38. The van der Waals surface area contributed by atoms with E-state index in [-0.39, 0.29) is 17.9 Å². The van der Waals surface area contributed by atoms with Gasteiger partial charge in [-0.2, -0.15) is 0 Å². The predicted octanol–water partition coefficient (Wildman–Crippen LogP) is 4.15. The molecule has 3 nitrogen and oxygen atoms in total. The molecule has 1 fully saturated rings. The number of hydrogen-bond acceptors (Lipinski definition) is 3. The fourth-order valence-electron chi connectivity index (χ4n) is 3.18. The smallest absolute Gasteiger partial charge is 0.262 e. The maximum atomic E-state index is 12.5. The van der Waals surface area contributed by atoms with E-state index in [1.54, 1.807) is 0 Å². The minimum atomic E-state index is -0.143. The highest BCUT2D eigenvalue weighted by Gasteiger charge is 2.33. The molecule has 1 aromatic carbocycles. The first-order valence-corrected chi connectivity index (χ1v) is 8.82. The molecule has 1 aliphatic rings. The summed E-state index contributed by atoms with van der Waals surface area (Å²) in [7, 11) is 0. The van der Waals surface area contributed by atoms with Crippen molar-refractivity contribution in [3.05, 3.63) is 33.7 Å². The Morgan fingerprint density at radius 2 is 2.14 bits per heavy atom. The summed E-state index contributed by atoms with van der Waals surface area (Å²) < 4.78 is 1.04. The van der Waals surface area contributed by atoms with Crippen LogP contribution in [0.3, 0.4) is 0 Å². The molecule has 0 atom stereocenters. The molecule has 3 rings (SSSR count). The van der Waals surface area contributed by atoms with Crippen LogP contribution >= 0.6 is 22.9 Å². The minimum absolute atomic E-state index is 0.132. The number of nitrogens with one attached hydrogen (secondary N) is 1. The zero-order valence-corrected chi connectivity index (χ0v) is 14.2. The standard InChI is InChI=1S/C17H20ClNO2S/c1-11-4-5-12-13(8-11)22-15(14(12)18)16(21)19-9-17(10-20)6-2-3-7-17/h4-5,8,20H,2-3,6-7,9-10H2,1H3,(H,19,21). The Labute approximate surface area is 139 Å². The molecule has 0 spiro atoms. The van der Waals surface area contributed by atoms with Gasteiger partial charge in [-0.15, -0.1) is 11.3 Å². The molecule has 1 aromatic heterocycles. The van der Waals surface area contributed by atoms with Crippen molar-refractivity contribution in [1.29, 1.82) is 0 Å². The molecule has 0 saturated heterocycles. The number of halogens is 1. The van der Waals surface area contributed by atoms with E-state index in [4.69, 9.17) is 11.6 Å². The van der Waals surface area contributed by atoms with Crippen molar-refractivity contribution in [3.63, 3.8) is 0 Å². The first-order chi connectivity index (χ1) is 10.5. The number of aryl methyl sites for hydroxylation is 1. The highest BCUT2D eigenvalue weighted by Crippen LogP contribution is 2.38. The van der Waals surface area contributed by atoms with Crippen molar-refractivity contribution >= 4 is 38.9 Å². The summed E-state index contributed by atoms with van der Waals surface area (Å²) in [5.41, 5.74) is 1.01. The van der Waals surface area contributed by atoms with Crippen LogP contribution in [0.4, 0.5) is 0 Å². The van der Waals surface area contributed by atoms with Gasteiger partial charge < -0.3 is 10.4 Å². The van der Waals surface area contributed by atoms with Gasteiger partial charge in [0.25, 0.3) is 5.91 Å². The zero-order chi connectivity index (χ0) is 15.7. The molecule has 1 amide bonds. The molecule has 1 aliphatic carbocycles. The van der Waals surface area contributed by atoms with Crippen molar-refractivity contribution in [2.45, 2.75) is 32.6 Å². The predicted molar refractivity (Wildman–Crippen MR) is 91.9 cm³/mol. The Morgan fingerprint density at radius 3 is 2.82 bits per heavy atom. The molecule has 1 saturated carbocycles. The van der Waals surface area contributed by atoms with Gasteiger partial charge in [0.05, 0.1) is 11.6 Å². The van der Waals surface area contributed by atoms with Crippen LogP contribution in [0, 0.1) is 12.3 Å². The molecule has 0 bridgehead atoms. The molecular weight excluding hydrogens is 318 g/mol. The monoisotopic (exact) mass is 337 g/mol. The number of benzene rings is 1. The van der Waals surface area contributed by atoms with Crippen LogP contribution < -0.4 is 5.32 Å². The second kappa shape index (κ2) is 6.19. The largest absolute Gasteiger partial charge is 0.396 e. The minimum Gasteiger partial charge on any atom is -0.396 e. The fourth-order valence-corrected chi connectivity index (χ4v) is 4.71. The Bertz CT molecular complexity index is 704. The first kappa shape index (κ1) is 15.8. The van der Waals surface area contributed by atoms with E-state index >= 15 is 0 Å².